The number of alkyl halides is 3. The fourth-order valence-corrected chi connectivity index (χ4v) is 3.26. The van der Waals surface area contributed by atoms with Crippen molar-refractivity contribution >= 4 is 23.0 Å². The molecule has 146 valence electrons. The normalized spacial score (nSPS) is 20.0. The Morgan fingerprint density at radius 2 is 1.83 bits per heavy atom. The highest BCUT2D eigenvalue weighted by atomic mass is 19.4. The van der Waals surface area contributed by atoms with E-state index in [0.717, 1.165) is 12.1 Å². The van der Waals surface area contributed by atoms with Crippen LogP contribution >= 0.6 is 0 Å². The first kappa shape index (κ1) is 18.7. The Kier molecular flexibility index (Phi) is 4.58. The Hall–Kier alpha value is -3.61. The molecule has 1 amide bonds. The maximum absolute atomic E-state index is 13.2. The fourth-order valence-electron chi connectivity index (χ4n) is 3.26. The summed E-state index contributed by atoms with van der Waals surface area (Å²) < 4.78 is 39.0. The van der Waals surface area contributed by atoms with Crippen molar-refractivity contribution < 1.29 is 23.1 Å². The smallest absolute Gasteiger partial charge is 0.416 e. The zero-order valence-corrected chi connectivity index (χ0v) is 15.0. The van der Waals surface area contributed by atoms with E-state index >= 15 is 0 Å². The van der Waals surface area contributed by atoms with E-state index in [9.17, 15) is 23.1 Å². The van der Waals surface area contributed by atoms with Gasteiger partial charge in [-0.1, -0.05) is 42.5 Å². The standard InChI is InChI=1S/C22H15F3N2O2/c23-22(24,25)14-5-3-6-15(13-14)26-20-18-9-1-2-10-19(18)27(21(20)29)16-7-4-8-17(28)12-11-16/h1-13,16,28H. The van der Waals surface area contributed by atoms with E-state index in [4.69, 9.17) is 0 Å². The number of benzene rings is 2. The third kappa shape index (κ3) is 3.59. The Morgan fingerprint density at radius 1 is 1.03 bits per heavy atom. The number of para-hydroxylation sites is 1. The molecule has 1 heterocycles. The summed E-state index contributed by atoms with van der Waals surface area (Å²) in [7, 11) is 0. The van der Waals surface area contributed by atoms with Crippen molar-refractivity contribution in [2.24, 2.45) is 4.99 Å². The van der Waals surface area contributed by atoms with Gasteiger partial charge in [-0.05, 0) is 36.4 Å². The van der Waals surface area contributed by atoms with Gasteiger partial charge >= 0.3 is 6.18 Å². The van der Waals surface area contributed by atoms with Crippen LogP contribution in [0.1, 0.15) is 11.1 Å². The van der Waals surface area contributed by atoms with Gasteiger partial charge in [0.25, 0.3) is 5.91 Å². The number of allylic oxidation sites excluding steroid dienone is 3. The number of aliphatic imine (C=N–C) groups is 1. The van der Waals surface area contributed by atoms with Gasteiger partial charge in [0.05, 0.1) is 23.0 Å². The van der Waals surface area contributed by atoms with Gasteiger partial charge in [0.15, 0.2) is 0 Å². The third-order valence-electron chi connectivity index (χ3n) is 4.59. The summed E-state index contributed by atoms with van der Waals surface area (Å²) in [5.74, 6) is -0.370. The molecule has 1 aliphatic carbocycles. The molecule has 0 aromatic heterocycles. The van der Waals surface area contributed by atoms with Gasteiger partial charge in [0, 0.05) is 5.56 Å². The molecule has 2 aromatic rings. The van der Waals surface area contributed by atoms with Gasteiger partial charge in [0.1, 0.15) is 11.5 Å². The number of aliphatic hydroxyl groups excluding tert-OH is 1. The number of anilines is 1. The number of aliphatic hydroxyl groups is 1. The number of rotatable bonds is 2. The van der Waals surface area contributed by atoms with E-state index < -0.39 is 23.7 Å². The maximum atomic E-state index is 13.2. The first-order chi connectivity index (χ1) is 13.8. The van der Waals surface area contributed by atoms with E-state index in [1.165, 1.54) is 29.2 Å². The van der Waals surface area contributed by atoms with Crippen LogP contribution in [0.3, 0.4) is 0 Å². The van der Waals surface area contributed by atoms with Gasteiger partial charge in [-0.15, -0.1) is 0 Å². The van der Waals surface area contributed by atoms with Gasteiger partial charge < -0.3 is 5.11 Å². The average molecular weight is 396 g/mol. The van der Waals surface area contributed by atoms with Crippen LogP contribution in [0.5, 0.6) is 0 Å². The highest BCUT2D eigenvalue weighted by molar-refractivity contribution is 6.55. The summed E-state index contributed by atoms with van der Waals surface area (Å²) in [4.78, 5) is 18.9. The van der Waals surface area contributed by atoms with E-state index in [0.29, 0.717) is 11.3 Å². The molecule has 4 rings (SSSR count). The van der Waals surface area contributed by atoms with E-state index in [1.54, 1.807) is 42.5 Å². The fraction of sp³-hybridized carbons (Fsp3) is 0.0909. The van der Waals surface area contributed by atoms with Crippen molar-refractivity contribution in [3.05, 3.63) is 95.8 Å². The van der Waals surface area contributed by atoms with Crippen LogP contribution in [0.2, 0.25) is 0 Å². The van der Waals surface area contributed by atoms with Crippen molar-refractivity contribution in [2.45, 2.75) is 12.2 Å². The molecule has 0 radical (unpaired) electrons. The quantitative estimate of drug-likeness (QED) is 0.767. The molecule has 4 nitrogen and oxygen atoms in total. The van der Waals surface area contributed by atoms with Crippen molar-refractivity contribution in [1.82, 2.24) is 0 Å². The molecule has 0 bridgehead atoms. The van der Waals surface area contributed by atoms with Gasteiger partial charge in [-0.3, -0.25) is 9.69 Å². The number of amides is 1. The minimum atomic E-state index is -4.50. The number of hydrogen-bond donors (Lipinski definition) is 1. The van der Waals surface area contributed by atoms with Gasteiger partial charge in [0.2, 0.25) is 0 Å². The minimum absolute atomic E-state index is 0.0473. The lowest BCUT2D eigenvalue weighted by molar-refractivity contribution is -0.137. The molecule has 1 aliphatic heterocycles. The topological polar surface area (TPSA) is 52.9 Å². The van der Waals surface area contributed by atoms with E-state index in [2.05, 4.69) is 4.99 Å². The molecule has 1 atom stereocenters. The summed E-state index contributed by atoms with van der Waals surface area (Å²) in [6.07, 6.45) is 3.53. The predicted molar refractivity (Wildman–Crippen MR) is 104 cm³/mol. The Labute approximate surface area is 164 Å². The predicted octanol–water partition coefficient (Wildman–Crippen LogP) is 5.11. The molecule has 7 heteroatoms. The number of nitrogens with zero attached hydrogens (tertiary/aromatic N) is 2. The Morgan fingerprint density at radius 3 is 2.62 bits per heavy atom. The van der Waals surface area contributed by atoms with Crippen LogP contribution in [0.25, 0.3) is 0 Å². The summed E-state index contributed by atoms with van der Waals surface area (Å²) in [6, 6.07) is 11.1. The summed E-state index contributed by atoms with van der Waals surface area (Å²) in [6.45, 7) is 0. The first-order valence-electron chi connectivity index (χ1n) is 8.79. The number of halogens is 3. The van der Waals surface area contributed by atoms with Crippen LogP contribution in [-0.2, 0) is 11.0 Å². The number of carbonyl (C=O) groups excluding carboxylic acids is 1. The Bertz CT molecular complexity index is 1100. The average Bonchev–Trinajstić information content (AvgIpc) is 2.81. The van der Waals surface area contributed by atoms with Crippen molar-refractivity contribution in [1.29, 1.82) is 0 Å². The second-order valence-electron chi connectivity index (χ2n) is 6.53. The van der Waals surface area contributed by atoms with Crippen LogP contribution in [0.4, 0.5) is 24.5 Å². The van der Waals surface area contributed by atoms with Gasteiger partial charge in [-0.2, -0.15) is 13.2 Å². The molecule has 0 saturated carbocycles. The lowest BCUT2D eigenvalue weighted by Gasteiger charge is -2.22. The van der Waals surface area contributed by atoms with Crippen LogP contribution < -0.4 is 4.90 Å². The second kappa shape index (κ2) is 7.09. The molecular weight excluding hydrogens is 381 g/mol. The summed E-state index contributed by atoms with van der Waals surface area (Å²) in [5, 5.41) is 9.65. The molecular formula is C22H15F3N2O2. The van der Waals surface area contributed by atoms with Gasteiger partial charge in [-0.25, -0.2) is 4.99 Å². The molecule has 0 fully saturated rings. The van der Waals surface area contributed by atoms with E-state index in [-0.39, 0.29) is 17.2 Å². The second-order valence-corrected chi connectivity index (χ2v) is 6.53. The molecule has 0 saturated heterocycles. The molecule has 2 aromatic carbocycles. The lowest BCUT2D eigenvalue weighted by Crippen LogP contribution is -2.37. The maximum Gasteiger partial charge on any atom is 0.416 e. The Balaban J connectivity index is 1.78. The molecule has 29 heavy (non-hydrogen) atoms. The number of hydrogen-bond acceptors (Lipinski definition) is 3. The highest BCUT2D eigenvalue weighted by Crippen LogP contribution is 2.35. The zero-order chi connectivity index (χ0) is 20.6. The molecule has 2 aliphatic rings. The summed E-state index contributed by atoms with van der Waals surface area (Å²) in [5.41, 5.74) is 0.433. The molecule has 1 unspecified atom stereocenters. The minimum Gasteiger partial charge on any atom is -0.508 e. The highest BCUT2D eigenvalue weighted by Gasteiger charge is 2.37. The van der Waals surface area contributed by atoms with Crippen LogP contribution in [0.15, 0.2) is 89.7 Å². The SMILES string of the molecule is O=C1C(=Nc2cccc(C(F)(F)F)c2)c2ccccc2N1C1C=CC=C(O)C=C1. The number of carbonyl (C=O) groups is 1. The monoisotopic (exact) mass is 396 g/mol. The lowest BCUT2D eigenvalue weighted by atomic mass is 10.1. The van der Waals surface area contributed by atoms with E-state index in [1.807, 2.05) is 0 Å². The number of fused-ring (bicyclic) bond motifs is 1. The van der Waals surface area contributed by atoms with Crippen molar-refractivity contribution in [3.8, 4) is 0 Å². The third-order valence-corrected chi connectivity index (χ3v) is 4.59. The van der Waals surface area contributed by atoms with Crippen LogP contribution in [0, 0.1) is 0 Å². The molecule has 0 spiro atoms. The van der Waals surface area contributed by atoms with Crippen molar-refractivity contribution in [3.63, 3.8) is 0 Å². The van der Waals surface area contributed by atoms with Crippen LogP contribution in [-0.4, -0.2) is 22.8 Å². The zero-order valence-electron chi connectivity index (χ0n) is 15.0. The summed E-state index contributed by atoms with van der Waals surface area (Å²) >= 11 is 0. The van der Waals surface area contributed by atoms with Crippen molar-refractivity contribution in [2.75, 3.05) is 4.90 Å². The largest absolute Gasteiger partial charge is 0.508 e. The first-order valence-corrected chi connectivity index (χ1v) is 8.79. The molecule has 1 N–H and O–H groups in total.